The van der Waals surface area contributed by atoms with Crippen LogP contribution in [0.15, 0.2) is 217 Å². The molecule has 0 radical (unpaired) electrons. The van der Waals surface area contributed by atoms with Gasteiger partial charge in [0.2, 0.25) is 0 Å². The molecule has 65 heavy (non-hydrogen) atoms. The van der Waals surface area contributed by atoms with Crippen molar-refractivity contribution in [3.8, 4) is 45.5 Å². The van der Waals surface area contributed by atoms with E-state index in [1.54, 1.807) is 0 Å². The summed E-state index contributed by atoms with van der Waals surface area (Å²) < 4.78 is 11.4. The lowest BCUT2D eigenvalue weighted by molar-refractivity contribution is 0.668. The smallest absolute Gasteiger partial charge is 0.166 e. The van der Waals surface area contributed by atoms with Gasteiger partial charge in [0.25, 0.3) is 0 Å². The van der Waals surface area contributed by atoms with Crippen molar-refractivity contribution in [1.29, 1.82) is 0 Å². The van der Waals surface area contributed by atoms with Crippen LogP contribution in [0, 0.1) is 0 Å². The molecule has 0 aliphatic rings. The Hall–Kier alpha value is -8.87. The van der Waals surface area contributed by atoms with E-state index in [0.717, 1.165) is 93.6 Å². The largest absolute Gasteiger partial charge is 0.456 e. The van der Waals surface area contributed by atoms with Crippen molar-refractivity contribution in [2.24, 2.45) is 0 Å². The molecule has 0 N–H and O–H groups in total. The minimum atomic E-state index is 0.566. The predicted octanol–water partition coefficient (Wildman–Crippen LogP) is 15.3. The molecule has 0 bridgehead atoms. The second-order valence-corrected chi connectivity index (χ2v) is 16.8. The van der Waals surface area contributed by atoms with E-state index >= 15 is 0 Å². The van der Waals surface area contributed by atoms with Crippen LogP contribution >= 0.6 is 0 Å². The minimum Gasteiger partial charge on any atom is -0.456 e. The molecule has 302 valence electrons. The first-order chi connectivity index (χ1) is 32.2. The molecular weight excluding hydrogens is 795 g/mol. The third kappa shape index (κ3) is 5.44. The SMILES string of the molecule is c1ccc(-n2c3ccccc3c3c(-c4nc(-c5ccc6ccccc6c5)nc(-c5cc6c(cc5-n5c7ccccc7c7cc8ccccc8cc75)oc5ccccc56)n4)cccc32)cc1. The Kier molecular flexibility index (Phi) is 7.59. The van der Waals surface area contributed by atoms with Crippen LogP contribution in [0.4, 0.5) is 0 Å². The van der Waals surface area contributed by atoms with Crippen molar-refractivity contribution >= 4 is 87.1 Å². The quantitative estimate of drug-likeness (QED) is 0.173. The van der Waals surface area contributed by atoms with E-state index in [1.807, 2.05) is 12.1 Å². The zero-order chi connectivity index (χ0) is 42.6. The van der Waals surface area contributed by atoms with Gasteiger partial charge in [-0.3, -0.25) is 0 Å². The van der Waals surface area contributed by atoms with Gasteiger partial charge in [-0.1, -0.05) is 146 Å². The third-order valence-corrected chi connectivity index (χ3v) is 13.1. The van der Waals surface area contributed by atoms with Crippen molar-refractivity contribution in [3.05, 3.63) is 212 Å². The highest BCUT2D eigenvalue weighted by Gasteiger charge is 2.24. The topological polar surface area (TPSA) is 61.7 Å². The van der Waals surface area contributed by atoms with Crippen LogP contribution < -0.4 is 0 Å². The maximum atomic E-state index is 6.66. The molecule has 0 unspecified atom stereocenters. The van der Waals surface area contributed by atoms with E-state index in [1.165, 1.54) is 21.5 Å². The lowest BCUT2D eigenvalue weighted by Crippen LogP contribution is -2.04. The number of benzene rings is 10. The number of para-hydroxylation sites is 4. The summed E-state index contributed by atoms with van der Waals surface area (Å²) in [5.74, 6) is 1.75. The summed E-state index contributed by atoms with van der Waals surface area (Å²) >= 11 is 0. The fourth-order valence-electron chi connectivity index (χ4n) is 10.2. The number of rotatable bonds is 5. The molecule has 6 nitrogen and oxygen atoms in total. The molecule has 4 aromatic heterocycles. The van der Waals surface area contributed by atoms with Gasteiger partial charge in [-0.15, -0.1) is 0 Å². The van der Waals surface area contributed by atoms with Crippen LogP contribution in [0.25, 0.3) is 133 Å². The number of aromatic nitrogens is 5. The average molecular weight is 830 g/mol. The van der Waals surface area contributed by atoms with Crippen LogP contribution in [0.3, 0.4) is 0 Å². The van der Waals surface area contributed by atoms with E-state index in [4.69, 9.17) is 19.4 Å². The van der Waals surface area contributed by atoms with Gasteiger partial charge in [-0.25, -0.2) is 15.0 Å². The van der Waals surface area contributed by atoms with Gasteiger partial charge in [0.1, 0.15) is 11.2 Å². The molecule has 14 rings (SSSR count). The van der Waals surface area contributed by atoms with Gasteiger partial charge >= 0.3 is 0 Å². The summed E-state index contributed by atoms with van der Waals surface area (Å²) in [6, 6.07) is 75.0. The highest BCUT2D eigenvalue weighted by atomic mass is 16.3. The number of hydrogen-bond donors (Lipinski definition) is 0. The molecule has 0 amide bonds. The normalized spacial score (nSPS) is 12.0. The number of fused-ring (bicyclic) bond motifs is 11. The average Bonchev–Trinajstić information content (AvgIpc) is 4.02. The van der Waals surface area contributed by atoms with Gasteiger partial charge < -0.3 is 13.6 Å². The Morgan fingerprint density at radius 2 is 0.938 bits per heavy atom. The highest BCUT2D eigenvalue weighted by Crippen LogP contribution is 2.43. The Balaban J connectivity index is 1.11. The summed E-state index contributed by atoms with van der Waals surface area (Å²) in [5, 5.41) is 11.2. The monoisotopic (exact) mass is 829 g/mol. The predicted molar refractivity (Wildman–Crippen MR) is 267 cm³/mol. The molecule has 0 spiro atoms. The van der Waals surface area contributed by atoms with Crippen LogP contribution in [0.5, 0.6) is 0 Å². The van der Waals surface area contributed by atoms with Gasteiger partial charge in [0.15, 0.2) is 17.5 Å². The molecule has 0 atom stereocenters. The van der Waals surface area contributed by atoms with Crippen molar-refractivity contribution in [2.75, 3.05) is 0 Å². The summed E-state index contributed by atoms with van der Waals surface area (Å²) in [6.45, 7) is 0. The number of nitrogens with zero attached hydrogens (tertiary/aromatic N) is 5. The molecule has 4 heterocycles. The summed E-state index contributed by atoms with van der Waals surface area (Å²) in [7, 11) is 0. The van der Waals surface area contributed by atoms with E-state index in [2.05, 4.69) is 209 Å². The fourth-order valence-corrected chi connectivity index (χ4v) is 10.2. The first kappa shape index (κ1) is 35.7. The molecule has 0 aliphatic heterocycles. The molecule has 10 aromatic carbocycles. The van der Waals surface area contributed by atoms with Gasteiger partial charge in [-0.2, -0.15) is 0 Å². The molecule has 0 aliphatic carbocycles. The van der Waals surface area contributed by atoms with Gasteiger partial charge in [0.05, 0.1) is 27.8 Å². The van der Waals surface area contributed by atoms with Crippen LogP contribution in [-0.4, -0.2) is 24.1 Å². The van der Waals surface area contributed by atoms with Crippen molar-refractivity contribution in [3.63, 3.8) is 0 Å². The maximum absolute atomic E-state index is 6.66. The molecule has 6 heteroatoms. The van der Waals surface area contributed by atoms with Crippen LogP contribution in [-0.2, 0) is 0 Å². The lowest BCUT2D eigenvalue weighted by Gasteiger charge is -2.16. The van der Waals surface area contributed by atoms with E-state index in [9.17, 15) is 0 Å². The summed E-state index contributed by atoms with van der Waals surface area (Å²) in [4.78, 5) is 16.5. The third-order valence-electron chi connectivity index (χ3n) is 13.1. The Morgan fingerprint density at radius 1 is 0.323 bits per heavy atom. The van der Waals surface area contributed by atoms with Crippen LogP contribution in [0.1, 0.15) is 0 Å². The molecule has 0 fully saturated rings. The lowest BCUT2D eigenvalue weighted by atomic mass is 10.0. The van der Waals surface area contributed by atoms with E-state index < -0.39 is 0 Å². The summed E-state index contributed by atoms with van der Waals surface area (Å²) in [6.07, 6.45) is 0. The Labute approximate surface area is 371 Å². The molecule has 14 aromatic rings. The second kappa shape index (κ2) is 13.8. The minimum absolute atomic E-state index is 0.566. The van der Waals surface area contributed by atoms with Crippen LogP contribution in [0.2, 0.25) is 0 Å². The first-order valence-corrected chi connectivity index (χ1v) is 21.9. The first-order valence-electron chi connectivity index (χ1n) is 21.9. The molecular formula is C59H35N5O. The number of furan rings is 1. The highest BCUT2D eigenvalue weighted by molar-refractivity contribution is 6.17. The molecule has 0 saturated carbocycles. The Morgan fingerprint density at radius 3 is 1.75 bits per heavy atom. The summed E-state index contributed by atoms with van der Waals surface area (Å²) in [5.41, 5.74) is 10.7. The van der Waals surface area contributed by atoms with Gasteiger partial charge in [-0.05, 0) is 82.2 Å². The van der Waals surface area contributed by atoms with E-state index in [-0.39, 0.29) is 0 Å². The molecule has 0 saturated heterocycles. The Bertz CT molecular complexity index is 4250. The number of hydrogen-bond acceptors (Lipinski definition) is 4. The van der Waals surface area contributed by atoms with Crippen molar-refractivity contribution < 1.29 is 4.42 Å². The van der Waals surface area contributed by atoms with Crippen molar-refractivity contribution in [1.82, 2.24) is 24.1 Å². The standard InChI is InChI=1S/C59H35N5O/c1-2-19-41(20-3-1)63-50-26-12-9-23-44(50)56-45(24-14-27-51(56)63)58-60-57(40-30-29-36-15-4-5-16-37(36)31-40)61-59(62-58)48-34-47-43-22-10-13-28-54(43)65-55(47)35-53(48)64-49-25-11-8-21-42(49)46-32-38-17-6-7-18-39(38)33-52(46)64/h1-35H. The maximum Gasteiger partial charge on any atom is 0.166 e. The fraction of sp³-hybridized carbons (Fsp3) is 0. The zero-order valence-electron chi connectivity index (χ0n) is 34.9. The second-order valence-electron chi connectivity index (χ2n) is 16.8. The van der Waals surface area contributed by atoms with Crippen molar-refractivity contribution in [2.45, 2.75) is 0 Å². The van der Waals surface area contributed by atoms with E-state index in [0.29, 0.717) is 17.5 Å². The zero-order valence-corrected chi connectivity index (χ0v) is 34.9. The van der Waals surface area contributed by atoms with Gasteiger partial charge in [0, 0.05) is 60.8 Å².